The first-order chi connectivity index (χ1) is 11.8. The minimum atomic E-state index is -0.763. The van der Waals surface area contributed by atoms with E-state index in [-0.39, 0.29) is 11.1 Å². The number of benzene rings is 1. The van der Waals surface area contributed by atoms with Crippen molar-refractivity contribution in [3.8, 4) is 0 Å². The number of anilines is 1. The molecule has 7 nitrogen and oxygen atoms in total. The molecule has 0 aliphatic carbocycles. The fourth-order valence-electron chi connectivity index (χ4n) is 2.55. The van der Waals surface area contributed by atoms with Crippen molar-refractivity contribution in [2.45, 2.75) is 19.4 Å². The van der Waals surface area contributed by atoms with E-state index in [9.17, 15) is 14.4 Å². The Morgan fingerprint density at radius 1 is 1.12 bits per heavy atom. The van der Waals surface area contributed by atoms with Crippen LogP contribution in [0, 0.1) is 0 Å². The summed E-state index contributed by atoms with van der Waals surface area (Å²) in [7, 11) is 1.87. The van der Waals surface area contributed by atoms with Crippen molar-refractivity contribution in [1.29, 1.82) is 0 Å². The zero-order valence-electron chi connectivity index (χ0n) is 14.3. The number of allylic oxidation sites excluding steroid dienone is 2. The van der Waals surface area contributed by atoms with E-state index in [1.165, 1.54) is 6.08 Å². The topological polar surface area (TPSA) is 79.0 Å². The van der Waals surface area contributed by atoms with Gasteiger partial charge in [-0.25, -0.2) is 9.69 Å². The van der Waals surface area contributed by atoms with E-state index in [2.05, 4.69) is 5.32 Å². The Morgan fingerprint density at radius 3 is 2.40 bits per heavy atom. The number of carbonyl (C=O) groups is 3. The molecule has 3 rings (SSSR count). The first kappa shape index (κ1) is 16.8. The molecule has 7 heteroatoms. The van der Waals surface area contributed by atoms with Gasteiger partial charge in [0, 0.05) is 7.05 Å². The van der Waals surface area contributed by atoms with Crippen molar-refractivity contribution in [3.05, 3.63) is 53.9 Å². The van der Waals surface area contributed by atoms with E-state index in [1.54, 1.807) is 36.4 Å². The zero-order valence-corrected chi connectivity index (χ0v) is 14.3. The predicted molar refractivity (Wildman–Crippen MR) is 91.4 cm³/mol. The molecule has 2 saturated heterocycles. The molecule has 0 aromatic heterocycles. The number of hydrogen-bond acceptors (Lipinski definition) is 5. The Balaban J connectivity index is 1.92. The number of para-hydroxylation sites is 1. The van der Waals surface area contributed by atoms with Crippen LogP contribution in [0.5, 0.6) is 0 Å². The Kier molecular flexibility index (Phi) is 4.08. The fraction of sp³-hybridized carbons (Fsp3) is 0.278. The molecule has 1 N–H and O–H groups in total. The third-order valence-corrected chi connectivity index (χ3v) is 4.32. The highest BCUT2D eigenvalue weighted by molar-refractivity contribution is 6.37. The van der Waals surface area contributed by atoms with Gasteiger partial charge in [-0.15, -0.1) is 0 Å². The van der Waals surface area contributed by atoms with Crippen LogP contribution in [0.3, 0.4) is 0 Å². The van der Waals surface area contributed by atoms with Crippen LogP contribution in [0.15, 0.2) is 53.9 Å². The fourth-order valence-corrected chi connectivity index (χ4v) is 2.55. The van der Waals surface area contributed by atoms with Crippen LogP contribution in [0.4, 0.5) is 10.5 Å². The lowest BCUT2D eigenvalue weighted by atomic mass is 10.1. The number of carbonyl (C=O) groups excluding carboxylic acids is 3. The van der Waals surface area contributed by atoms with Gasteiger partial charge in [-0.2, -0.15) is 0 Å². The van der Waals surface area contributed by atoms with Gasteiger partial charge in [0.15, 0.2) is 5.88 Å². The van der Waals surface area contributed by atoms with Crippen molar-refractivity contribution < 1.29 is 19.1 Å². The average Bonchev–Trinajstić information content (AvgIpc) is 2.82. The third kappa shape index (κ3) is 3.00. The summed E-state index contributed by atoms with van der Waals surface area (Å²) < 4.78 is 5.59. The Bertz CT molecular complexity index is 796. The van der Waals surface area contributed by atoms with Crippen LogP contribution in [0.1, 0.15) is 13.8 Å². The summed E-state index contributed by atoms with van der Waals surface area (Å²) in [5.41, 5.74) is 0.0963. The molecular formula is C18H19N3O4. The molecule has 130 valence electrons. The number of ether oxygens (including phenoxy) is 1. The molecule has 2 fully saturated rings. The molecule has 25 heavy (non-hydrogen) atoms. The highest BCUT2D eigenvalue weighted by atomic mass is 16.5. The van der Waals surface area contributed by atoms with Crippen molar-refractivity contribution in [3.63, 3.8) is 0 Å². The number of likely N-dealkylation sites (N-methyl/N-ethyl adjacent to an activating group) is 1. The molecule has 1 aromatic carbocycles. The number of barbiturate groups is 1. The highest BCUT2D eigenvalue weighted by Crippen LogP contribution is 2.27. The van der Waals surface area contributed by atoms with Crippen molar-refractivity contribution in [1.82, 2.24) is 10.2 Å². The smallest absolute Gasteiger partial charge is 0.335 e. The summed E-state index contributed by atoms with van der Waals surface area (Å²) in [6, 6.07) is 7.68. The zero-order chi connectivity index (χ0) is 18.2. The van der Waals surface area contributed by atoms with E-state index >= 15 is 0 Å². The van der Waals surface area contributed by atoms with Crippen LogP contribution in [-0.2, 0) is 14.3 Å². The van der Waals surface area contributed by atoms with Gasteiger partial charge < -0.3 is 9.64 Å². The number of imide groups is 2. The van der Waals surface area contributed by atoms with Gasteiger partial charge in [0.1, 0.15) is 12.2 Å². The number of nitrogens with zero attached hydrogens (tertiary/aromatic N) is 2. The number of rotatable bonds is 2. The molecule has 0 spiro atoms. The lowest BCUT2D eigenvalue weighted by Gasteiger charge is -2.26. The van der Waals surface area contributed by atoms with Gasteiger partial charge >= 0.3 is 6.03 Å². The molecular weight excluding hydrogens is 322 g/mol. The van der Waals surface area contributed by atoms with Crippen LogP contribution < -0.4 is 10.2 Å². The first-order valence-electron chi connectivity index (χ1n) is 7.85. The number of urea groups is 1. The predicted octanol–water partition coefficient (Wildman–Crippen LogP) is 1.78. The molecule has 1 aromatic rings. The van der Waals surface area contributed by atoms with E-state index in [0.29, 0.717) is 18.2 Å². The van der Waals surface area contributed by atoms with Crippen molar-refractivity contribution in [2.24, 2.45) is 0 Å². The minimum absolute atomic E-state index is 0.127. The minimum Gasteiger partial charge on any atom is -0.477 e. The Morgan fingerprint density at radius 2 is 1.80 bits per heavy atom. The largest absolute Gasteiger partial charge is 0.477 e. The van der Waals surface area contributed by atoms with Crippen LogP contribution in [-0.4, -0.2) is 41.9 Å². The molecule has 0 atom stereocenters. The van der Waals surface area contributed by atoms with Gasteiger partial charge in [0.05, 0.1) is 11.2 Å². The Labute approximate surface area is 145 Å². The molecule has 4 amide bonds. The summed E-state index contributed by atoms with van der Waals surface area (Å²) in [6.07, 6.45) is 2.95. The second kappa shape index (κ2) is 6.08. The SMILES string of the molecule is CN1C(=CC=C2C(=O)NC(=O)N(c3ccccc3)C2=O)OCC1(C)C. The van der Waals surface area contributed by atoms with Crippen LogP contribution in [0.25, 0.3) is 0 Å². The standard InChI is InChI=1S/C18H19N3O4/c1-18(2)11-25-14(20(18)3)10-9-13-15(22)19-17(24)21(16(13)23)12-7-5-4-6-8-12/h4-10H,11H2,1-3H3,(H,19,22,24). The van der Waals surface area contributed by atoms with Gasteiger partial charge in [-0.05, 0) is 38.1 Å². The molecule has 2 aliphatic rings. The monoisotopic (exact) mass is 341 g/mol. The van der Waals surface area contributed by atoms with Gasteiger partial charge in [-0.3, -0.25) is 14.9 Å². The average molecular weight is 341 g/mol. The van der Waals surface area contributed by atoms with E-state index < -0.39 is 17.8 Å². The third-order valence-electron chi connectivity index (χ3n) is 4.32. The summed E-state index contributed by atoms with van der Waals surface area (Å²) in [5, 5.41) is 2.19. The molecule has 0 radical (unpaired) electrons. The molecule has 2 heterocycles. The normalized spacial score (nSPS) is 23.2. The summed E-state index contributed by atoms with van der Waals surface area (Å²) >= 11 is 0. The van der Waals surface area contributed by atoms with Gasteiger partial charge in [-0.1, -0.05) is 18.2 Å². The van der Waals surface area contributed by atoms with Gasteiger partial charge in [0.25, 0.3) is 11.8 Å². The van der Waals surface area contributed by atoms with Crippen molar-refractivity contribution >= 4 is 23.5 Å². The number of amides is 4. The molecule has 0 saturated carbocycles. The van der Waals surface area contributed by atoms with E-state index in [0.717, 1.165) is 4.90 Å². The first-order valence-corrected chi connectivity index (χ1v) is 7.85. The number of nitrogens with one attached hydrogen (secondary N) is 1. The highest BCUT2D eigenvalue weighted by Gasteiger charge is 2.37. The van der Waals surface area contributed by atoms with Gasteiger partial charge in [0.2, 0.25) is 0 Å². The Hall–Kier alpha value is -3.09. The maximum atomic E-state index is 12.7. The molecule has 2 aliphatic heterocycles. The quantitative estimate of drug-likeness (QED) is 0.655. The molecule has 0 bridgehead atoms. The lowest BCUT2D eigenvalue weighted by molar-refractivity contribution is -0.122. The van der Waals surface area contributed by atoms with Crippen molar-refractivity contribution in [2.75, 3.05) is 18.6 Å². The van der Waals surface area contributed by atoms with Crippen LogP contribution in [0.2, 0.25) is 0 Å². The summed E-state index contributed by atoms with van der Waals surface area (Å²) in [4.78, 5) is 39.6. The maximum Gasteiger partial charge on any atom is 0.335 e. The lowest BCUT2D eigenvalue weighted by Crippen LogP contribution is -2.54. The number of hydrogen-bond donors (Lipinski definition) is 1. The van der Waals surface area contributed by atoms with Crippen LogP contribution >= 0.6 is 0 Å². The summed E-state index contributed by atoms with van der Waals surface area (Å²) in [6.45, 7) is 4.55. The maximum absolute atomic E-state index is 12.7. The second-order valence-electron chi connectivity index (χ2n) is 6.48. The van der Waals surface area contributed by atoms with E-state index in [1.807, 2.05) is 25.8 Å². The second-order valence-corrected chi connectivity index (χ2v) is 6.48. The summed E-state index contributed by atoms with van der Waals surface area (Å²) in [5.74, 6) is -0.836. The van der Waals surface area contributed by atoms with E-state index in [4.69, 9.17) is 4.74 Å². The molecule has 0 unspecified atom stereocenters.